The maximum absolute atomic E-state index is 13.3. The van der Waals surface area contributed by atoms with Crippen LogP contribution in [-0.4, -0.2) is 183 Å². The van der Waals surface area contributed by atoms with Gasteiger partial charge >= 0.3 is 11.9 Å². The van der Waals surface area contributed by atoms with Crippen LogP contribution in [-0.2, 0) is 28.5 Å². The molecule has 0 spiro atoms. The zero-order valence-corrected chi connectivity index (χ0v) is 45.2. The van der Waals surface area contributed by atoms with Crippen molar-refractivity contribution in [1.29, 1.82) is 0 Å². The van der Waals surface area contributed by atoms with Crippen molar-refractivity contribution in [3.05, 3.63) is 115 Å². The molecule has 3 aliphatic heterocycles. The van der Waals surface area contributed by atoms with Crippen LogP contribution < -0.4 is 11.5 Å². The number of anilines is 1. The van der Waals surface area contributed by atoms with E-state index in [0.29, 0.717) is 17.7 Å². The number of esters is 1. The first-order valence-electron chi connectivity index (χ1n) is 27.1. The van der Waals surface area contributed by atoms with E-state index in [0.717, 1.165) is 0 Å². The molecule has 0 radical (unpaired) electrons. The number of carbonyl (C=O) groups is 3. The van der Waals surface area contributed by atoms with Crippen LogP contribution in [0.4, 0.5) is 5.69 Å². The topological polar surface area (TPSA) is 383 Å². The molecule has 442 valence electrons. The Balaban J connectivity index is 1.54. The number of rotatable bonds is 10. The van der Waals surface area contributed by atoms with Gasteiger partial charge in [0.15, 0.2) is 17.9 Å². The number of ketones is 1. The van der Waals surface area contributed by atoms with E-state index in [9.17, 15) is 75.7 Å². The number of carboxylic acids is 1. The summed E-state index contributed by atoms with van der Waals surface area (Å²) in [7, 11) is 0. The van der Waals surface area contributed by atoms with E-state index < -0.39 is 147 Å². The van der Waals surface area contributed by atoms with Gasteiger partial charge in [-0.05, 0) is 82.1 Å². The molecule has 2 bridgehead atoms. The Morgan fingerprint density at radius 3 is 1.75 bits per heavy atom. The van der Waals surface area contributed by atoms with Crippen LogP contribution in [0.1, 0.15) is 108 Å². The second-order valence-electron chi connectivity index (χ2n) is 21.4. The average Bonchev–Trinajstić information content (AvgIpc) is 3.35. The van der Waals surface area contributed by atoms with E-state index in [1.807, 2.05) is 19.9 Å². The lowest BCUT2D eigenvalue weighted by molar-refractivity contribution is -0.308. The van der Waals surface area contributed by atoms with Crippen LogP contribution in [0.2, 0.25) is 0 Å². The fourth-order valence-corrected chi connectivity index (χ4v) is 10.0. The van der Waals surface area contributed by atoms with E-state index in [2.05, 4.69) is 0 Å². The number of fused-ring (bicyclic) bond motifs is 2. The van der Waals surface area contributed by atoms with Crippen molar-refractivity contribution >= 4 is 23.4 Å². The molecular formula is C58H86N2O19. The first kappa shape index (κ1) is 66.7. The molecule has 3 aliphatic rings. The summed E-state index contributed by atoms with van der Waals surface area (Å²) in [5, 5.41) is 130. The van der Waals surface area contributed by atoms with Crippen molar-refractivity contribution in [1.82, 2.24) is 0 Å². The lowest BCUT2D eigenvalue weighted by Gasteiger charge is -2.45. The number of Topliss-reactive ketones (excluding diaryl/α,β-unsaturated/α-hetero) is 1. The minimum Gasteiger partial charge on any atom is -0.481 e. The summed E-state index contributed by atoms with van der Waals surface area (Å²) in [6, 6.07) is 5.24. The second-order valence-corrected chi connectivity index (χ2v) is 21.4. The lowest BCUT2D eigenvalue weighted by Crippen LogP contribution is -2.61. The predicted molar refractivity (Wildman–Crippen MR) is 291 cm³/mol. The van der Waals surface area contributed by atoms with Crippen LogP contribution in [0, 0.1) is 17.8 Å². The molecule has 21 heteroatoms. The van der Waals surface area contributed by atoms with E-state index in [1.54, 1.807) is 97.2 Å². The summed E-state index contributed by atoms with van der Waals surface area (Å²) in [5.74, 6) is -7.07. The van der Waals surface area contributed by atoms with Gasteiger partial charge < -0.3 is 91.7 Å². The molecule has 4 rings (SSSR count). The maximum atomic E-state index is 13.3. The van der Waals surface area contributed by atoms with Crippen LogP contribution >= 0.6 is 0 Å². The smallest absolute Gasteiger partial charge is 0.311 e. The highest BCUT2D eigenvalue weighted by Gasteiger charge is 2.51. The van der Waals surface area contributed by atoms with Crippen LogP contribution in [0.15, 0.2) is 109 Å². The third-order valence-electron chi connectivity index (χ3n) is 14.3. The molecule has 2 fully saturated rings. The van der Waals surface area contributed by atoms with Crippen molar-refractivity contribution in [3.63, 3.8) is 0 Å². The molecule has 79 heavy (non-hydrogen) atoms. The summed E-state index contributed by atoms with van der Waals surface area (Å²) in [5.41, 5.74) is 12.7. The number of aliphatic hydroxyl groups excluding tert-OH is 10. The van der Waals surface area contributed by atoms with Gasteiger partial charge in [-0.15, -0.1) is 0 Å². The Hall–Kier alpha value is -4.79. The minimum absolute atomic E-state index is 0.120. The van der Waals surface area contributed by atoms with Crippen LogP contribution in [0.3, 0.4) is 0 Å². The number of aliphatic hydroxyl groups is 11. The van der Waals surface area contributed by atoms with Gasteiger partial charge in [-0.25, -0.2) is 0 Å². The molecule has 0 amide bonds. The number of allylic oxidation sites excluding steroid dienone is 12. The monoisotopic (exact) mass is 1110 g/mol. The maximum Gasteiger partial charge on any atom is 0.311 e. The summed E-state index contributed by atoms with van der Waals surface area (Å²) in [6.07, 6.45) is 1.42. The van der Waals surface area contributed by atoms with Gasteiger partial charge in [0.05, 0.1) is 85.7 Å². The predicted octanol–water partition coefficient (Wildman–Crippen LogP) is 2.08. The molecule has 2 saturated heterocycles. The Morgan fingerprint density at radius 1 is 0.696 bits per heavy atom. The molecule has 16 N–H and O–H groups in total. The molecule has 1 aromatic carbocycles. The van der Waals surface area contributed by atoms with Gasteiger partial charge in [0.25, 0.3) is 0 Å². The average molecular weight is 1120 g/mol. The number of hydrogen-bond donors (Lipinski definition) is 14. The first-order chi connectivity index (χ1) is 37.3. The Kier molecular flexibility index (Phi) is 28.0. The SMILES string of the molecule is CC1C=CC=CC=CC=CC=CC=CC=CC(OC2OC(C)C(O)C(N)C2O)CC2OC(O)(CC(O)CC(O)CC(O)CC(O)CC(O)CC(O)CC(=O)OC1C(C)CCC(O)CC(=O)c1ccc(N)cc1)CC(O)C2C(=O)O. The Bertz CT molecular complexity index is 2240. The highest BCUT2D eigenvalue weighted by molar-refractivity contribution is 5.96. The molecular weight excluding hydrogens is 1030 g/mol. The number of cyclic esters (lactones) is 1. The van der Waals surface area contributed by atoms with Gasteiger partial charge in [0.2, 0.25) is 0 Å². The summed E-state index contributed by atoms with van der Waals surface area (Å²) in [6.45, 7) is 5.23. The van der Waals surface area contributed by atoms with Crippen LogP contribution in [0.5, 0.6) is 0 Å². The number of aliphatic carboxylic acids is 1. The number of carbonyl (C=O) groups excluding carboxylic acids is 2. The lowest BCUT2D eigenvalue weighted by atomic mass is 9.82. The standard InChI is InChI=1S/C58H86N2O19/c1-34-16-14-12-10-8-6-4-5-7-9-11-13-15-17-46(77-57-54(72)52(60)53(71)36(3)76-57)31-49-51(56(73)74)48(69)33-58(75,79-49)32-45(67)28-43(65)26-41(63)24-40(62)25-42(64)27-44(66)30-50(70)78-55(34)35(2)18-23-39(61)29-47(68)37-19-21-38(59)22-20-37/h4-17,19-22,34-36,39-46,48-49,51-55,57,61-67,69,71-72,75H,18,23-33,59-60H2,1-3H3,(H,73,74). The van der Waals surface area contributed by atoms with Gasteiger partial charge in [-0.3, -0.25) is 14.4 Å². The van der Waals surface area contributed by atoms with Gasteiger partial charge in [0, 0.05) is 42.9 Å². The number of carboxylic acid groups (broad SMARTS) is 1. The normalized spacial score (nSPS) is 36.5. The van der Waals surface area contributed by atoms with E-state index in [-0.39, 0.29) is 62.6 Å². The number of nitrogens with two attached hydrogens (primary N) is 2. The highest BCUT2D eigenvalue weighted by Crippen LogP contribution is 2.38. The summed E-state index contributed by atoms with van der Waals surface area (Å²) < 4.78 is 23.7. The summed E-state index contributed by atoms with van der Waals surface area (Å²) >= 11 is 0. The van der Waals surface area contributed by atoms with Crippen molar-refractivity contribution in [2.24, 2.45) is 23.5 Å². The minimum atomic E-state index is -2.33. The number of nitrogen functional groups attached to an aromatic ring is 1. The van der Waals surface area contributed by atoms with E-state index in [1.165, 1.54) is 13.0 Å². The van der Waals surface area contributed by atoms with E-state index >= 15 is 0 Å². The number of benzene rings is 1. The van der Waals surface area contributed by atoms with Gasteiger partial charge in [-0.1, -0.05) is 98.9 Å². The molecule has 0 aromatic heterocycles. The largest absolute Gasteiger partial charge is 0.481 e. The molecule has 0 saturated carbocycles. The zero-order chi connectivity index (χ0) is 58.4. The molecule has 20 atom stereocenters. The summed E-state index contributed by atoms with van der Waals surface area (Å²) in [4.78, 5) is 38.7. The third kappa shape index (κ3) is 23.3. The van der Waals surface area contributed by atoms with Gasteiger partial charge in [0.1, 0.15) is 18.1 Å². The fourth-order valence-electron chi connectivity index (χ4n) is 10.0. The Labute approximate surface area is 462 Å². The highest BCUT2D eigenvalue weighted by atomic mass is 16.7. The molecule has 20 unspecified atom stereocenters. The number of ether oxygens (including phenoxy) is 4. The van der Waals surface area contributed by atoms with Crippen molar-refractivity contribution < 1.29 is 94.6 Å². The van der Waals surface area contributed by atoms with Crippen LogP contribution in [0.25, 0.3) is 0 Å². The zero-order valence-electron chi connectivity index (χ0n) is 45.2. The molecule has 3 heterocycles. The van der Waals surface area contributed by atoms with E-state index in [4.69, 9.17) is 30.4 Å². The number of hydrogen-bond acceptors (Lipinski definition) is 20. The Morgan fingerprint density at radius 2 is 1.20 bits per heavy atom. The second kappa shape index (κ2) is 33.2. The van der Waals surface area contributed by atoms with Crippen molar-refractivity contribution in [2.75, 3.05) is 5.73 Å². The van der Waals surface area contributed by atoms with Crippen molar-refractivity contribution in [2.45, 2.75) is 201 Å². The van der Waals surface area contributed by atoms with Gasteiger partial charge in [-0.2, -0.15) is 0 Å². The fraction of sp³-hybridized carbons (Fsp3) is 0.603. The first-order valence-corrected chi connectivity index (χ1v) is 27.1. The third-order valence-corrected chi connectivity index (χ3v) is 14.3. The van der Waals surface area contributed by atoms with Crippen molar-refractivity contribution in [3.8, 4) is 0 Å². The quantitative estimate of drug-likeness (QED) is 0.0906. The molecule has 1 aromatic rings. The molecule has 0 aliphatic carbocycles. The molecule has 21 nitrogen and oxygen atoms in total.